The number of thiophene rings is 1. The van der Waals surface area contributed by atoms with Crippen LogP contribution in [0, 0.1) is 0 Å². The molecule has 1 atom stereocenters. The molecular formula is C12H15BrN2O2S. The Hall–Kier alpha value is -0.850. The number of ether oxygens (including phenoxy) is 1. The molecule has 0 amide bonds. The van der Waals surface area contributed by atoms with Crippen molar-refractivity contribution in [3.63, 3.8) is 0 Å². The average molecular weight is 331 g/mol. The van der Waals surface area contributed by atoms with E-state index in [0.717, 1.165) is 21.6 Å². The van der Waals surface area contributed by atoms with Gasteiger partial charge >= 0.3 is 0 Å². The largest absolute Gasteiger partial charge is 0.493 e. The molecule has 0 radical (unpaired) electrons. The molecule has 18 heavy (non-hydrogen) atoms. The summed E-state index contributed by atoms with van der Waals surface area (Å²) in [5.41, 5.74) is 0.716. The molecule has 6 heteroatoms. The lowest BCUT2D eigenvalue weighted by molar-refractivity contribution is 0.205. The third kappa shape index (κ3) is 2.60. The zero-order valence-electron chi connectivity index (χ0n) is 10.3. The highest BCUT2D eigenvalue weighted by atomic mass is 79.9. The van der Waals surface area contributed by atoms with Gasteiger partial charge in [-0.1, -0.05) is 6.92 Å². The van der Waals surface area contributed by atoms with Gasteiger partial charge in [0, 0.05) is 11.4 Å². The Morgan fingerprint density at radius 2 is 2.33 bits per heavy atom. The first kappa shape index (κ1) is 13.6. The van der Waals surface area contributed by atoms with Crippen molar-refractivity contribution in [2.45, 2.75) is 26.0 Å². The van der Waals surface area contributed by atoms with E-state index in [1.54, 1.807) is 18.0 Å². The monoisotopic (exact) mass is 330 g/mol. The minimum Gasteiger partial charge on any atom is -0.493 e. The van der Waals surface area contributed by atoms with Gasteiger partial charge in [0.25, 0.3) is 0 Å². The number of aliphatic hydroxyl groups is 1. The van der Waals surface area contributed by atoms with Crippen LogP contribution in [0.4, 0.5) is 0 Å². The number of hydrogen-bond donors (Lipinski definition) is 1. The summed E-state index contributed by atoms with van der Waals surface area (Å²) in [7, 11) is 1.59. The lowest BCUT2D eigenvalue weighted by Crippen LogP contribution is -2.10. The number of aromatic nitrogens is 2. The molecule has 0 fully saturated rings. The maximum absolute atomic E-state index is 10.5. The van der Waals surface area contributed by atoms with Crippen molar-refractivity contribution in [2.75, 3.05) is 7.11 Å². The van der Waals surface area contributed by atoms with Crippen LogP contribution < -0.4 is 4.74 Å². The van der Waals surface area contributed by atoms with E-state index in [0.29, 0.717) is 11.4 Å². The highest BCUT2D eigenvalue weighted by Gasteiger charge is 2.22. The summed E-state index contributed by atoms with van der Waals surface area (Å²) >= 11 is 4.91. The van der Waals surface area contributed by atoms with E-state index in [9.17, 15) is 5.11 Å². The van der Waals surface area contributed by atoms with Crippen LogP contribution in [0.2, 0.25) is 0 Å². The zero-order valence-corrected chi connectivity index (χ0v) is 12.7. The van der Waals surface area contributed by atoms with Crippen LogP contribution in [-0.4, -0.2) is 22.0 Å². The van der Waals surface area contributed by atoms with E-state index in [1.165, 1.54) is 11.3 Å². The van der Waals surface area contributed by atoms with E-state index in [4.69, 9.17) is 4.74 Å². The fourth-order valence-electron chi connectivity index (χ4n) is 1.81. The molecule has 4 nitrogen and oxygen atoms in total. The lowest BCUT2D eigenvalue weighted by atomic mass is 10.2. The molecule has 98 valence electrons. The Bertz CT molecular complexity index is 524. The van der Waals surface area contributed by atoms with E-state index in [-0.39, 0.29) is 0 Å². The van der Waals surface area contributed by atoms with Crippen molar-refractivity contribution in [2.24, 2.45) is 0 Å². The van der Waals surface area contributed by atoms with Crippen molar-refractivity contribution in [1.29, 1.82) is 0 Å². The SMILES string of the molecule is CCCn1ncc(OC)c1C(O)c1ccc(Br)s1. The number of methoxy groups -OCH3 is 1. The first-order valence-corrected chi connectivity index (χ1v) is 7.31. The van der Waals surface area contributed by atoms with E-state index >= 15 is 0 Å². The topological polar surface area (TPSA) is 47.3 Å². The molecule has 2 heterocycles. The summed E-state index contributed by atoms with van der Waals surface area (Å²) in [5, 5.41) is 14.7. The molecule has 2 aromatic rings. The second-order valence-corrected chi connectivity index (χ2v) is 6.36. The van der Waals surface area contributed by atoms with E-state index in [1.807, 2.05) is 12.1 Å². The van der Waals surface area contributed by atoms with Gasteiger partial charge in [0.1, 0.15) is 11.8 Å². The molecule has 1 unspecified atom stereocenters. The molecule has 2 aromatic heterocycles. The standard InChI is InChI=1S/C12H15BrN2O2S/c1-3-6-15-11(8(17-2)7-14-15)12(16)9-4-5-10(13)18-9/h4-5,7,12,16H,3,6H2,1-2H3. The minimum absolute atomic E-state index is 0.625. The number of hydrogen-bond acceptors (Lipinski definition) is 4. The molecule has 0 saturated carbocycles. The predicted molar refractivity (Wildman–Crippen MR) is 75.2 cm³/mol. The summed E-state index contributed by atoms with van der Waals surface area (Å²) < 4.78 is 8.07. The second-order valence-electron chi connectivity index (χ2n) is 3.87. The highest BCUT2D eigenvalue weighted by Crippen LogP contribution is 2.35. The predicted octanol–water partition coefficient (Wildman–Crippen LogP) is 3.21. The molecule has 0 spiro atoms. The first-order valence-electron chi connectivity index (χ1n) is 5.70. The van der Waals surface area contributed by atoms with Crippen LogP contribution in [0.15, 0.2) is 22.1 Å². The van der Waals surface area contributed by atoms with Crippen LogP contribution >= 0.6 is 27.3 Å². The molecule has 0 saturated heterocycles. The zero-order chi connectivity index (χ0) is 13.1. The van der Waals surface area contributed by atoms with Crippen molar-refractivity contribution in [1.82, 2.24) is 9.78 Å². The third-order valence-electron chi connectivity index (χ3n) is 2.62. The number of halogens is 1. The fraction of sp³-hybridized carbons (Fsp3) is 0.417. The summed E-state index contributed by atoms with van der Waals surface area (Å²) in [6, 6.07) is 3.83. The minimum atomic E-state index is -0.703. The van der Waals surface area contributed by atoms with E-state index < -0.39 is 6.10 Å². The van der Waals surface area contributed by atoms with Gasteiger partial charge in [-0.25, -0.2) is 0 Å². The van der Waals surface area contributed by atoms with E-state index in [2.05, 4.69) is 28.0 Å². The Morgan fingerprint density at radius 3 is 2.89 bits per heavy atom. The summed E-state index contributed by atoms with van der Waals surface area (Å²) in [6.45, 7) is 2.84. The van der Waals surface area contributed by atoms with Gasteiger partial charge < -0.3 is 9.84 Å². The molecule has 0 aromatic carbocycles. The quantitative estimate of drug-likeness (QED) is 0.915. The summed E-state index contributed by atoms with van der Waals surface area (Å²) in [6.07, 6.45) is 1.90. The van der Waals surface area contributed by atoms with Gasteiger partial charge in [0.2, 0.25) is 0 Å². The van der Waals surface area contributed by atoms with Crippen LogP contribution in [0.1, 0.15) is 30.0 Å². The smallest absolute Gasteiger partial charge is 0.163 e. The highest BCUT2D eigenvalue weighted by molar-refractivity contribution is 9.11. The van der Waals surface area contributed by atoms with Gasteiger partial charge in [-0.3, -0.25) is 4.68 Å². The van der Waals surface area contributed by atoms with Gasteiger partial charge in [0.15, 0.2) is 5.75 Å². The Morgan fingerprint density at radius 1 is 1.56 bits per heavy atom. The van der Waals surface area contributed by atoms with Crippen molar-refractivity contribution in [3.8, 4) is 5.75 Å². The molecule has 2 rings (SSSR count). The van der Waals surface area contributed by atoms with Crippen LogP contribution in [0.5, 0.6) is 5.75 Å². The lowest BCUT2D eigenvalue weighted by Gasteiger charge is -2.13. The Balaban J connectivity index is 2.38. The Kier molecular flexibility index (Phi) is 4.42. The maximum atomic E-state index is 10.5. The Labute approximate surface area is 118 Å². The van der Waals surface area contributed by atoms with Crippen molar-refractivity contribution in [3.05, 3.63) is 32.7 Å². The van der Waals surface area contributed by atoms with Gasteiger partial charge in [0.05, 0.1) is 17.1 Å². The average Bonchev–Trinajstić information content (AvgIpc) is 2.95. The molecule has 1 N–H and O–H groups in total. The summed E-state index contributed by atoms with van der Waals surface area (Å²) in [5.74, 6) is 0.625. The molecular weight excluding hydrogens is 316 g/mol. The van der Waals surface area contributed by atoms with Crippen LogP contribution in [0.3, 0.4) is 0 Å². The number of nitrogens with zero attached hydrogens (tertiary/aromatic N) is 2. The third-order valence-corrected chi connectivity index (χ3v) is 4.30. The van der Waals surface area contributed by atoms with Gasteiger partial charge in [-0.15, -0.1) is 11.3 Å². The number of aliphatic hydroxyl groups excluding tert-OH is 1. The fourth-order valence-corrected chi connectivity index (χ4v) is 3.22. The van der Waals surface area contributed by atoms with Gasteiger partial charge in [-0.05, 0) is 34.5 Å². The van der Waals surface area contributed by atoms with Gasteiger partial charge in [-0.2, -0.15) is 5.10 Å². The van der Waals surface area contributed by atoms with Crippen molar-refractivity contribution < 1.29 is 9.84 Å². The first-order chi connectivity index (χ1) is 8.67. The molecule has 0 bridgehead atoms. The molecule has 0 aliphatic rings. The van der Waals surface area contributed by atoms with Crippen LogP contribution in [-0.2, 0) is 6.54 Å². The number of rotatable bonds is 5. The second kappa shape index (κ2) is 5.86. The number of aryl methyl sites for hydroxylation is 1. The van der Waals surface area contributed by atoms with Crippen molar-refractivity contribution >= 4 is 27.3 Å². The molecule has 0 aliphatic carbocycles. The normalized spacial score (nSPS) is 12.7. The maximum Gasteiger partial charge on any atom is 0.163 e. The molecule has 0 aliphatic heterocycles. The van der Waals surface area contributed by atoms with Crippen LogP contribution in [0.25, 0.3) is 0 Å². The summed E-state index contributed by atoms with van der Waals surface area (Å²) in [4.78, 5) is 0.873.